The van der Waals surface area contributed by atoms with E-state index in [1.54, 1.807) is 13.0 Å². The molecule has 0 aliphatic carbocycles. The Balaban J connectivity index is 1.93. The van der Waals surface area contributed by atoms with Crippen LogP contribution in [0.1, 0.15) is 29.7 Å². The molecule has 112 valence electrons. The molecular formula is C16H16F3NO. The third-order valence-electron chi connectivity index (χ3n) is 3.06. The van der Waals surface area contributed by atoms with E-state index in [9.17, 15) is 13.2 Å². The van der Waals surface area contributed by atoms with Crippen LogP contribution in [0.5, 0.6) is 0 Å². The van der Waals surface area contributed by atoms with Crippen LogP contribution in [0.25, 0.3) is 0 Å². The number of nitrogens with one attached hydrogen (secondary N) is 1. The third-order valence-corrected chi connectivity index (χ3v) is 3.06. The Morgan fingerprint density at radius 3 is 2.43 bits per heavy atom. The van der Waals surface area contributed by atoms with Crippen LogP contribution in [0.15, 0.2) is 54.6 Å². The maximum Gasteiger partial charge on any atom is 0.416 e. The van der Waals surface area contributed by atoms with Crippen LogP contribution in [0.4, 0.5) is 13.2 Å². The Morgan fingerprint density at radius 1 is 1.05 bits per heavy atom. The first-order chi connectivity index (χ1) is 9.97. The molecule has 0 bridgehead atoms. The van der Waals surface area contributed by atoms with Crippen molar-refractivity contribution in [3.63, 3.8) is 0 Å². The van der Waals surface area contributed by atoms with Crippen molar-refractivity contribution in [2.45, 2.75) is 25.7 Å². The minimum absolute atomic E-state index is 0.337. The predicted molar refractivity (Wildman–Crippen MR) is 74.2 cm³/mol. The first-order valence-corrected chi connectivity index (χ1v) is 6.55. The van der Waals surface area contributed by atoms with Gasteiger partial charge in [-0.1, -0.05) is 42.5 Å². The average Bonchev–Trinajstić information content (AvgIpc) is 2.47. The fourth-order valence-electron chi connectivity index (χ4n) is 1.88. The number of hydrogen-bond donors (Lipinski definition) is 1. The molecule has 0 spiro atoms. The van der Waals surface area contributed by atoms with Crippen molar-refractivity contribution in [2.75, 3.05) is 0 Å². The van der Waals surface area contributed by atoms with Gasteiger partial charge in [0.05, 0.1) is 18.2 Å². The second-order valence-electron chi connectivity index (χ2n) is 4.74. The lowest BCUT2D eigenvalue weighted by molar-refractivity contribution is -0.137. The molecular weight excluding hydrogens is 279 g/mol. The van der Waals surface area contributed by atoms with Crippen molar-refractivity contribution in [1.82, 2.24) is 5.48 Å². The van der Waals surface area contributed by atoms with Crippen LogP contribution in [0, 0.1) is 0 Å². The normalized spacial score (nSPS) is 13.1. The highest BCUT2D eigenvalue weighted by molar-refractivity contribution is 5.27. The molecule has 21 heavy (non-hydrogen) atoms. The summed E-state index contributed by atoms with van der Waals surface area (Å²) in [5.41, 5.74) is 3.62. The topological polar surface area (TPSA) is 21.3 Å². The molecule has 0 aliphatic heterocycles. The Kier molecular flexibility index (Phi) is 4.98. The van der Waals surface area contributed by atoms with Crippen LogP contribution < -0.4 is 5.48 Å². The van der Waals surface area contributed by atoms with E-state index in [-0.39, 0.29) is 6.04 Å². The molecule has 0 amide bonds. The number of halogens is 3. The van der Waals surface area contributed by atoms with E-state index in [2.05, 4.69) is 5.48 Å². The molecule has 1 atom stereocenters. The van der Waals surface area contributed by atoms with Gasteiger partial charge in [-0.05, 0) is 30.2 Å². The van der Waals surface area contributed by atoms with Crippen LogP contribution in [0.3, 0.4) is 0 Å². The third kappa shape index (κ3) is 4.58. The fourth-order valence-corrected chi connectivity index (χ4v) is 1.88. The van der Waals surface area contributed by atoms with Crippen LogP contribution in [0.2, 0.25) is 0 Å². The molecule has 2 rings (SSSR count). The number of rotatable bonds is 5. The molecule has 5 heteroatoms. The highest BCUT2D eigenvalue weighted by Gasteiger charge is 2.30. The summed E-state index contributed by atoms with van der Waals surface area (Å²) < 4.78 is 38.0. The average molecular weight is 295 g/mol. The Morgan fingerprint density at radius 2 is 1.76 bits per heavy atom. The van der Waals surface area contributed by atoms with E-state index in [1.165, 1.54) is 6.07 Å². The molecule has 0 aromatic heterocycles. The summed E-state index contributed by atoms with van der Waals surface area (Å²) in [5, 5.41) is 0. The number of alkyl halides is 3. The minimum atomic E-state index is -4.33. The van der Waals surface area contributed by atoms with Crippen molar-refractivity contribution in [2.24, 2.45) is 0 Å². The monoisotopic (exact) mass is 295 g/mol. The first kappa shape index (κ1) is 15.5. The van der Waals surface area contributed by atoms with Gasteiger partial charge < -0.3 is 0 Å². The second kappa shape index (κ2) is 6.74. The smallest absolute Gasteiger partial charge is 0.296 e. The molecule has 0 aliphatic rings. The Labute approximate surface area is 121 Å². The van der Waals surface area contributed by atoms with Gasteiger partial charge in [-0.25, -0.2) is 0 Å². The van der Waals surface area contributed by atoms with Crippen molar-refractivity contribution >= 4 is 0 Å². The zero-order valence-corrected chi connectivity index (χ0v) is 11.5. The molecule has 0 heterocycles. The summed E-state index contributed by atoms with van der Waals surface area (Å²) in [6.45, 7) is 2.10. The summed E-state index contributed by atoms with van der Waals surface area (Å²) in [5.74, 6) is 0. The highest BCUT2D eigenvalue weighted by atomic mass is 19.4. The minimum Gasteiger partial charge on any atom is -0.296 e. The SMILES string of the molecule is CC(NOCc1ccccc1)c1cccc(C(F)(F)F)c1. The summed E-state index contributed by atoms with van der Waals surface area (Å²) in [4.78, 5) is 5.33. The van der Waals surface area contributed by atoms with E-state index >= 15 is 0 Å². The van der Waals surface area contributed by atoms with Crippen LogP contribution in [-0.2, 0) is 17.6 Å². The summed E-state index contributed by atoms with van der Waals surface area (Å²) in [6, 6.07) is 14.4. The second-order valence-corrected chi connectivity index (χ2v) is 4.74. The van der Waals surface area contributed by atoms with Crippen molar-refractivity contribution in [3.05, 3.63) is 71.3 Å². The quantitative estimate of drug-likeness (QED) is 0.821. The maximum absolute atomic E-state index is 12.7. The lowest BCUT2D eigenvalue weighted by atomic mass is 10.1. The lowest BCUT2D eigenvalue weighted by Gasteiger charge is -2.16. The van der Waals surface area contributed by atoms with Crippen LogP contribution >= 0.6 is 0 Å². The molecule has 0 fully saturated rings. The molecule has 2 nitrogen and oxygen atoms in total. The van der Waals surface area contributed by atoms with Crippen molar-refractivity contribution in [3.8, 4) is 0 Å². The van der Waals surface area contributed by atoms with Crippen LogP contribution in [-0.4, -0.2) is 0 Å². The van der Waals surface area contributed by atoms with Crippen molar-refractivity contribution in [1.29, 1.82) is 0 Å². The molecule has 0 saturated heterocycles. The van der Waals surface area contributed by atoms with Gasteiger partial charge in [0.15, 0.2) is 0 Å². The van der Waals surface area contributed by atoms with E-state index in [0.717, 1.165) is 17.7 Å². The van der Waals surface area contributed by atoms with E-state index in [0.29, 0.717) is 12.2 Å². The molecule has 1 unspecified atom stereocenters. The van der Waals surface area contributed by atoms with Gasteiger partial charge in [0.2, 0.25) is 0 Å². The number of hydrogen-bond acceptors (Lipinski definition) is 2. The zero-order valence-electron chi connectivity index (χ0n) is 11.5. The van der Waals surface area contributed by atoms with Gasteiger partial charge in [0, 0.05) is 0 Å². The summed E-state index contributed by atoms with van der Waals surface area (Å²) in [6.07, 6.45) is -4.33. The molecule has 2 aromatic rings. The van der Waals surface area contributed by atoms with Gasteiger partial charge >= 0.3 is 6.18 Å². The first-order valence-electron chi connectivity index (χ1n) is 6.55. The lowest BCUT2D eigenvalue weighted by Crippen LogP contribution is -2.19. The maximum atomic E-state index is 12.7. The van der Waals surface area contributed by atoms with E-state index in [1.807, 2.05) is 30.3 Å². The molecule has 0 radical (unpaired) electrons. The number of benzene rings is 2. The largest absolute Gasteiger partial charge is 0.416 e. The summed E-state index contributed by atoms with van der Waals surface area (Å²) >= 11 is 0. The van der Waals surface area contributed by atoms with Gasteiger partial charge in [0.25, 0.3) is 0 Å². The van der Waals surface area contributed by atoms with Gasteiger partial charge in [-0.2, -0.15) is 18.7 Å². The van der Waals surface area contributed by atoms with Gasteiger partial charge in [-0.3, -0.25) is 4.84 Å². The van der Waals surface area contributed by atoms with Gasteiger partial charge in [-0.15, -0.1) is 0 Å². The predicted octanol–water partition coefficient (Wildman–Crippen LogP) is 4.49. The fraction of sp³-hybridized carbons (Fsp3) is 0.250. The standard InChI is InChI=1S/C16H16F3NO/c1-12(20-21-11-13-6-3-2-4-7-13)14-8-5-9-15(10-14)16(17,18)19/h2-10,12,20H,11H2,1H3. The zero-order chi connectivity index (χ0) is 15.3. The van der Waals surface area contributed by atoms with Gasteiger partial charge in [0.1, 0.15) is 0 Å². The van der Waals surface area contributed by atoms with E-state index < -0.39 is 11.7 Å². The van der Waals surface area contributed by atoms with Crippen molar-refractivity contribution < 1.29 is 18.0 Å². The summed E-state index contributed by atoms with van der Waals surface area (Å²) in [7, 11) is 0. The highest BCUT2D eigenvalue weighted by Crippen LogP contribution is 2.30. The molecule has 0 saturated carbocycles. The molecule has 2 aromatic carbocycles. The number of hydroxylamine groups is 1. The van der Waals surface area contributed by atoms with E-state index in [4.69, 9.17) is 4.84 Å². The Hall–Kier alpha value is -1.85. The molecule has 1 N–H and O–H groups in total. The Bertz CT molecular complexity index is 569.